The number of thioether (sulfide) groups is 1. The molecular formula is C18H21N3O3S. The van der Waals surface area contributed by atoms with Gasteiger partial charge in [-0.25, -0.2) is 0 Å². The fourth-order valence-electron chi connectivity index (χ4n) is 2.69. The third-order valence-corrected chi connectivity index (χ3v) is 5.16. The van der Waals surface area contributed by atoms with Gasteiger partial charge >= 0.3 is 0 Å². The normalized spacial score (nSPS) is 17.0. The number of benzene rings is 1. The highest BCUT2D eigenvalue weighted by Crippen LogP contribution is 2.42. The first-order valence-electron chi connectivity index (χ1n) is 8.11. The first kappa shape index (κ1) is 17.5. The Labute approximate surface area is 151 Å². The van der Waals surface area contributed by atoms with Gasteiger partial charge in [0.2, 0.25) is 5.91 Å². The van der Waals surface area contributed by atoms with Crippen LogP contribution in [0.3, 0.4) is 0 Å². The van der Waals surface area contributed by atoms with E-state index in [-0.39, 0.29) is 11.3 Å². The van der Waals surface area contributed by atoms with E-state index in [4.69, 9.17) is 9.47 Å². The maximum Gasteiger partial charge on any atom is 0.234 e. The van der Waals surface area contributed by atoms with E-state index in [0.29, 0.717) is 30.4 Å². The molecule has 0 spiro atoms. The Morgan fingerprint density at radius 1 is 1.28 bits per heavy atom. The second kappa shape index (κ2) is 7.74. The van der Waals surface area contributed by atoms with E-state index in [0.717, 1.165) is 17.0 Å². The zero-order valence-electron chi connectivity index (χ0n) is 14.6. The molecule has 0 saturated carbocycles. The quantitative estimate of drug-likeness (QED) is 0.790. The van der Waals surface area contributed by atoms with Crippen LogP contribution in [0.4, 0.5) is 0 Å². The van der Waals surface area contributed by atoms with Crippen LogP contribution in [0.25, 0.3) is 0 Å². The summed E-state index contributed by atoms with van der Waals surface area (Å²) in [6, 6.07) is 5.81. The summed E-state index contributed by atoms with van der Waals surface area (Å²) in [7, 11) is 1.62. The lowest BCUT2D eigenvalue weighted by atomic mass is 10.1. The summed E-state index contributed by atoms with van der Waals surface area (Å²) in [5.41, 5.74) is 2.66. The number of amides is 1. The molecule has 1 fully saturated rings. The molecule has 1 amide bonds. The number of rotatable bonds is 6. The molecule has 0 N–H and O–H groups in total. The molecule has 1 unspecified atom stereocenters. The van der Waals surface area contributed by atoms with Crippen LogP contribution >= 0.6 is 11.8 Å². The van der Waals surface area contributed by atoms with Gasteiger partial charge in [-0.05, 0) is 31.5 Å². The molecule has 6 nitrogen and oxygen atoms in total. The van der Waals surface area contributed by atoms with Crippen LogP contribution < -0.4 is 9.47 Å². The van der Waals surface area contributed by atoms with Gasteiger partial charge in [0.05, 0.1) is 43.6 Å². The van der Waals surface area contributed by atoms with Gasteiger partial charge in [-0.15, -0.1) is 11.8 Å². The minimum atomic E-state index is -0.0688. The molecule has 3 rings (SSSR count). The van der Waals surface area contributed by atoms with Crippen LogP contribution in [0.2, 0.25) is 0 Å². The summed E-state index contributed by atoms with van der Waals surface area (Å²) < 4.78 is 11.0. The largest absolute Gasteiger partial charge is 0.493 e. The van der Waals surface area contributed by atoms with Crippen molar-refractivity contribution in [3.8, 4) is 11.5 Å². The molecule has 0 bridgehead atoms. The van der Waals surface area contributed by atoms with Crippen LogP contribution in [0, 0.1) is 6.92 Å². The number of nitrogens with zero attached hydrogens (tertiary/aromatic N) is 3. The maximum atomic E-state index is 12.4. The Kier molecular flexibility index (Phi) is 5.43. The van der Waals surface area contributed by atoms with E-state index in [1.54, 1.807) is 31.3 Å². The highest BCUT2D eigenvalue weighted by Gasteiger charge is 2.33. The Hall–Kier alpha value is -2.28. The van der Waals surface area contributed by atoms with Gasteiger partial charge in [0.1, 0.15) is 5.37 Å². The Morgan fingerprint density at radius 2 is 2.12 bits per heavy atom. The minimum Gasteiger partial charge on any atom is -0.493 e. The highest BCUT2D eigenvalue weighted by molar-refractivity contribution is 8.00. The van der Waals surface area contributed by atoms with Gasteiger partial charge < -0.3 is 14.4 Å². The van der Waals surface area contributed by atoms with E-state index < -0.39 is 0 Å². The number of ether oxygens (including phenoxy) is 2. The van der Waals surface area contributed by atoms with Gasteiger partial charge in [0.15, 0.2) is 11.5 Å². The molecule has 0 radical (unpaired) electrons. The molecular weight excluding hydrogens is 338 g/mol. The Balaban J connectivity index is 1.85. The Bertz CT molecular complexity index is 752. The molecule has 2 aromatic rings. The van der Waals surface area contributed by atoms with Crippen molar-refractivity contribution >= 4 is 17.7 Å². The standard InChI is InChI=1S/C18H21N3O3S/c1-4-24-16-7-13(5-6-15(16)23-3)18-21(17(22)11-25-18)10-14-9-19-12(2)8-20-14/h5-9,18H,4,10-11H2,1-3H3. The second-order valence-corrected chi connectivity index (χ2v) is 6.75. The minimum absolute atomic E-state index is 0.0688. The number of methoxy groups -OCH3 is 1. The zero-order valence-corrected chi connectivity index (χ0v) is 15.4. The zero-order chi connectivity index (χ0) is 17.8. The lowest BCUT2D eigenvalue weighted by Gasteiger charge is -2.24. The van der Waals surface area contributed by atoms with Crippen molar-refractivity contribution in [2.24, 2.45) is 0 Å². The molecule has 1 aliphatic rings. The average molecular weight is 359 g/mol. The number of hydrogen-bond donors (Lipinski definition) is 0. The summed E-state index contributed by atoms with van der Waals surface area (Å²) >= 11 is 1.61. The molecule has 1 saturated heterocycles. The summed E-state index contributed by atoms with van der Waals surface area (Å²) in [6.07, 6.45) is 3.45. The number of aromatic nitrogens is 2. The number of hydrogen-bond acceptors (Lipinski definition) is 6. The fourth-order valence-corrected chi connectivity index (χ4v) is 3.87. The Morgan fingerprint density at radius 3 is 2.80 bits per heavy atom. The second-order valence-electron chi connectivity index (χ2n) is 5.68. The fraction of sp³-hybridized carbons (Fsp3) is 0.389. The first-order chi connectivity index (χ1) is 12.1. The summed E-state index contributed by atoms with van der Waals surface area (Å²) in [5, 5.41) is -0.0688. The van der Waals surface area contributed by atoms with E-state index in [1.807, 2.05) is 36.9 Å². The number of aryl methyl sites for hydroxylation is 1. The van der Waals surface area contributed by atoms with Gasteiger partial charge in [-0.2, -0.15) is 0 Å². The first-order valence-corrected chi connectivity index (χ1v) is 9.16. The summed E-state index contributed by atoms with van der Waals surface area (Å²) in [6.45, 7) is 4.82. The van der Waals surface area contributed by atoms with Crippen molar-refractivity contribution in [1.82, 2.24) is 14.9 Å². The van der Waals surface area contributed by atoms with Crippen LogP contribution in [0.1, 0.15) is 29.2 Å². The molecule has 25 heavy (non-hydrogen) atoms. The van der Waals surface area contributed by atoms with Crippen molar-refractivity contribution in [3.63, 3.8) is 0 Å². The van der Waals surface area contributed by atoms with Crippen molar-refractivity contribution < 1.29 is 14.3 Å². The monoisotopic (exact) mass is 359 g/mol. The van der Waals surface area contributed by atoms with Gasteiger partial charge in [0, 0.05) is 6.20 Å². The number of carbonyl (C=O) groups is 1. The van der Waals surface area contributed by atoms with Crippen molar-refractivity contribution in [3.05, 3.63) is 47.5 Å². The van der Waals surface area contributed by atoms with Crippen LogP contribution in [0.15, 0.2) is 30.6 Å². The SMILES string of the molecule is CCOc1cc(C2SCC(=O)N2Cc2cnc(C)cn2)ccc1OC. The van der Waals surface area contributed by atoms with Crippen LogP contribution in [-0.2, 0) is 11.3 Å². The molecule has 0 aliphatic carbocycles. The van der Waals surface area contributed by atoms with Crippen LogP contribution in [0.5, 0.6) is 11.5 Å². The third-order valence-electron chi connectivity index (χ3n) is 3.91. The topological polar surface area (TPSA) is 64.5 Å². The van der Waals surface area contributed by atoms with E-state index in [2.05, 4.69) is 9.97 Å². The van der Waals surface area contributed by atoms with E-state index in [9.17, 15) is 4.79 Å². The predicted molar refractivity (Wildman–Crippen MR) is 96.7 cm³/mol. The molecule has 1 aliphatic heterocycles. The van der Waals surface area contributed by atoms with E-state index in [1.165, 1.54) is 0 Å². The van der Waals surface area contributed by atoms with E-state index >= 15 is 0 Å². The molecule has 7 heteroatoms. The van der Waals surface area contributed by atoms with Crippen molar-refractivity contribution in [1.29, 1.82) is 0 Å². The molecule has 1 aromatic heterocycles. The molecule has 1 aromatic carbocycles. The highest BCUT2D eigenvalue weighted by atomic mass is 32.2. The summed E-state index contributed by atoms with van der Waals surface area (Å²) in [4.78, 5) is 22.8. The summed E-state index contributed by atoms with van der Waals surface area (Å²) in [5.74, 6) is 1.94. The smallest absolute Gasteiger partial charge is 0.234 e. The third kappa shape index (κ3) is 3.87. The molecule has 2 heterocycles. The predicted octanol–water partition coefficient (Wildman–Crippen LogP) is 2.97. The van der Waals surface area contributed by atoms with Gasteiger partial charge in [0.25, 0.3) is 0 Å². The van der Waals surface area contributed by atoms with Crippen molar-refractivity contribution in [2.75, 3.05) is 19.5 Å². The average Bonchev–Trinajstić information content (AvgIpc) is 2.98. The molecule has 132 valence electrons. The lowest BCUT2D eigenvalue weighted by Crippen LogP contribution is -2.28. The number of carbonyl (C=O) groups excluding carboxylic acids is 1. The van der Waals surface area contributed by atoms with Gasteiger partial charge in [-0.3, -0.25) is 14.8 Å². The van der Waals surface area contributed by atoms with Gasteiger partial charge in [-0.1, -0.05) is 6.07 Å². The van der Waals surface area contributed by atoms with Crippen molar-refractivity contribution in [2.45, 2.75) is 25.8 Å². The van der Waals surface area contributed by atoms with Crippen LogP contribution in [-0.4, -0.2) is 40.2 Å². The molecule has 1 atom stereocenters. The maximum absolute atomic E-state index is 12.4. The lowest BCUT2D eigenvalue weighted by molar-refractivity contribution is -0.128.